The summed E-state index contributed by atoms with van der Waals surface area (Å²) in [7, 11) is 0. The van der Waals surface area contributed by atoms with Crippen LogP contribution in [0.5, 0.6) is 11.5 Å². The molecule has 8 nitrogen and oxygen atoms in total. The molecule has 168 valence electrons. The van der Waals surface area contributed by atoms with E-state index in [1.807, 2.05) is 12.1 Å². The van der Waals surface area contributed by atoms with Crippen molar-refractivity contribution in [3.05, 3.63) is 53.6 Å². The number of urea groups is 1. The number of anilines is 1. The lowest BCUT2D eigenvalue weighted by molar-refractivity contribution is 0.0930. The number of piperidine rings is 1. The van der Waals surface area contributed by atoms with E-state index < -0.39 is 0 Å². The minimum absolute atomic E-state index is 0.0283. The van der Waals surface area contributed by atoms with Crippen molar-refractivity contribution >= 4 is 17.6 Å². The first-order valence-electron chi connectivity index (χ1n) is 11.2. The first kappa shape index (κ1) is 20.6. The molecule has 0 aromatic heterocycles. The minimum atomic E-state index is -0.0815. The lowest BCUT2D eigenvalue weighted by atomic mass is 9.97. The summed E-state index contributed by atoms with van der Waals surface area (Å²) >= 11 is 0. The summed E-state index contributed by atoms with van der Waals surface area (Å²) < 4.78 is 10.7. The van der Waals surface area contributed by atoms with Gasteiger partial charge in [-0.1, -0.05) is 12.1 Å². The van der Waals surface area contributed by atoms with Gasteiger partial charge in [0.2, 0.25) is 6.79 Å². The Hall–Kier alpha value is -3.26. The second-order valence-electron chi connectivity index (χ2n) is 8.57. The van der Waals surface area contributed by atoms with Crippen molar-refractivity contribution in [3.63, 3.8) is 0 Å². The fourth-order valence-electron chi connectivity index (χ4n) is 4.60. The summed E-state index contributed by atoms with van der Waals surface area (Å²) in [5.41, 5.74) is 2.76. The Bertz CT molecular complexity index is 994. The standard InChI is InChI=1S/C24H28N4O4/c29-23(19-5-8-21-22(12-19)32-16-31-21)26-13-18-2-1-10-27(15-18)14-17-3-6-20(7-4-17)28-11-9-25-24(28)30/h3-8,12,18H,1-2,9-11,13-16H2,(H,25,30)(H,26,29). The second kappa shape index (κ2) is 9.08. The van der Waals surface area contributed by atoms with Crippen LogP contribution in [0.2, 0.25) is 0 Å². The number of carbonyl (C=O) groups excluding carboxylic acids is 2. The van der Waals surface area contributed by atoms with Gasteiger partial charge in [0, 0.05) is 44.0 Å². The molecule has 2 fully saturated rings. The third kappa shape index (κ3) is 4.50. The molecule has 3 aliphatic heterocycles. The maximum atomic E-state index is 12.6. The van der Waals surface area contributed by atoms with Gasteiger partial charge in [0.25, 0.3) is 5.91 Å². The maximum Gasteiger partial charge on any atom is 0.321 e. The van der Waals surface area contributed by atoms with Crippen molar-refractivity contribution in [1.29, 1.82) is 0 Å². The fourth-order valence-corrected chi connectivity index (χ4v) is 4.60. The lowest BCUT2D eigenvalue weighted by Crippen LogP contribution is -2.40. The molecule has 3 heterocycles. The van der Waals surface area contributed by atoms with E-state index in [4.69, 9.17) is 9.47 Å². The van der Waals surface area contributed by atoms with Crippen LogP contribution < -0.4 is 25.0 Å². The zero-order valence-corrected chi connectivity index (χ0v) is 18.0. The summed E-state index contributed by atoms with van der Waals surface area (Å²) in [4.78, 5) is 28.6. The van der Waals surface area contributed by atoms with Crippen LogP contribution in [0.25, 0.3) is 0 Å². The van der Waals surface area contributed by atoms with E-state index in [-0.39, 0.29) is 18.7 Å². The van der Waals surface area contributed by atoms with Crippen LogP contribution in [0, 0.1) is 5.92 Å². The van der Waals surface area contributed by atoms with Crippen LogP contribution in [-0.2, 0) is 6.54 Å². The van der Waals surface area contributed by atoms with Crippen LogP contribution in [-0.4, -0.2) is 56.4 Å². The molecule has 2 N–H and O–H groups in total. The molecule has 0 radical (unpaired) electrons. The first-order chi connectivity index (χ1) is 15.7. The van der Waals surface area contributed by atoms with Crippen LogP contribution in [0.4, 0.5) is 10.5 Å². The number of carbonyl (C=O) groups is 2. The van der Waals surface area contributed by atoms with Gasteiger partial charge in [-0.15, -0.1) is 0 Å². The zero-order chi connectivity index (χ0) is 21.9. The maximum absolute atomic E-state index is 12.6. The van der Waals surface area contributed by atoms with Gasteiger partial charge in [0.15, 0.2) is 11.5 Å². The largest absolute Gasteiger partial charge is 0.454 e. The summed E-state index contributed by atoms with van der Waals surface area (Å²) in [6, 6.07) is 13.5. The van der Waals surface area contributed by atoms with Gasteiger partial charge >= 0.3 is 6.03 Å². The zero-order valence-electron chi connectivity index (χ0n) is 18.0. The Kier molecular flexibility index (Phi) is 5.85. The molecule has 1 unspecified atom stereocenters. The number of hydrogen-bond acceptors (Lipinski definition) is 5. The number of rotatable bonds is 6. The highest BCUT2D eigenvalue weighted by Crippen LogP contribution is 2.32. The van der Waals surface area contributed by atoms with E-state index in [1.165, 1.54) is 5.56 Å². The molecular formula is C24H28N4O4. The molecule has 2 aromatic rings. The Labute approximate surface area is 187 Å². The van der Waals surface area contributed by atoms with E-state index in [1.54, 1.807) is 23.1 Å². The average molecular weight is 437 g/mol. The molecule has 1 atom stereocenters. The van der Waals surface area contributed by atoms with E-state index in [2.05, 4.69) is 27.7 Å². The summed E-state index contributed by atoms with van der Waals surface area (Å²) in [6.45, 7) is 5.16. The van der Waals surface area contributed by atoms with Crippen LogP contribution >= 0.6 is 0 Å². The van der Waals surface area contributed by atoms with Gasteiger partial charge in [-0.05, 0) is 61.2 Å². The van der Waals surface area contributed by atoms with Gasteiger partial charge in [-0.25, -0.2) is 4.79 Å². The minimum Gasteiger partial charge on any atom is -0.454 e. The van der Waals surface area contributed by atoms with Gasteiger partial charge in [-0.3, -0.25) is 14.6 Å². The van der Waals surface area contributed by atoms with Crippen LogP contribution in [0.1, 0.15) is 28.8 Å². The average Bonchev–Trinajstić information content (AvgIpc) is 3.46. The molecule has 2 saturated heterocycles. The predicted molar refractivity (Wildman–Crippen MR) is 120 cm³/mol. The normalized spacial score (nSPS) is 20.3. The molecule has 0 spiro atoms. The summed E-state index contributed by atoms with van der Waals surface area (Å²) in [6.07, 6.45) is 2.23. The Balaban J connectivity index is 1.12. The molecule has 8 heteroatoms. The van der Waals surface area contributed by atoms with E-state index in [0.29, 0.717) is 42.6 Å². The molecule has 0 saturated carbocycles. The van der Waals surface area contributed by atoms with Crippen molar-refractivity contribution in [2.45, 2.75) is 19.4 Å². The third-order valence-electron chi connectivity index (χ3n) is 6.30. The van der Waals surface area contributed by atoms with Gasteiger partial charge in [-0.2, -0.15) is 0 Å². The van der Waals surface area contributed by atoms with Crippen molar-refractivity contribution in [1.82, 2.24) is 15.5 Å². The Morgan fingerprint density at radius 3 is 2.75 bits per heavy atom. The van der Waals surface area contributed by atoms with Crippen molar-refractivity contribution in [3.8, 4) is 11.5 Å². The highest BCUT2D eigenvalue weighted by molar-refractivity contribution is 5.95. The molecule has 5 rings (SSSR count). The van der Waals surface area contributed by atoms with Crippen molar-refractivity contribution < 1.29 is 19.1 Å². The quantitative estimate of drug-likeness (QED) is 0.727. The van der Waals surface area contributed by atoms with Crippen LogP contribution in [0.15, 0.2) is 42.5 Å². The van der Waals surface area contributed by atoms with Crippen molar-refractivity contribution in [2.24, 2.45) is 5.92 Å². The SMILES string of the molecule is O=C(NCC1CCCN(Cc2ccc(N3CCNC3=O)cc2)C1)c1ccc2c(c1)OCO2. The number of fused-ring (bicyclic) bond motifs is 1. The highest BCUT2D eigenvalue weighted by Gasteiger charge is 2.23. The third-order valence-corrected chi connectivity index (χ3v) is 6.30. The number of likely N-dealkylation sites (tertiary alicyclic amines) is 1. The Morgan fingerprint density at radius 2 is 1.94 bits per heavy atom. The van der Waals surface area contributed by atoms with Gasteiger partial charge < -0.3 is 20.1 Å². The molecule has 3 amide bonds. The van der Waals surface area contributed by atoms with Gasteiger partial charge in [0.05, 0.1) is 0 Å². The molecule has 0 aliphatic carbocycles. The first-order valence-corrected chi connectivity index (χ1v) is 11.2. The number of ether oxygens (including phenoxy) is 2. The van der Waals surface area contributed by atoms with Crippen LogP contribution in [0.3, 0.4) is 0 Å². The molecule has 32 heavy (non-hydrogen) atoms. The van der Waals surface area contributed by atoms with E-state index in [9.17, 15) is 9.59 Å². The molecule has 0 bridgehead atoms. The molecular weight excluding hydrogens is 408 g/mol. The van der Waals surface area contributed by atoms with E-state index in [0.717, 1.165) is 38.2 Å². The number of nitrogens with one attached hydrogen (secondary N) is 2. The number of nitrogens with zero attached hydrogens (tertiary/aromatic N) is 2. The van der Waals surface area contributed by atoms with E-state index >= 15 is 0 Å². The molecule has 3 aliphatic rings. The number of hydrogen-bond donors (Lipinski definition) is 2. The fraction of sp³-hybridized carbons (Fsp3) is 0.417. The lowest BCUT2D eigenvalue weighted by Gasteiger charge is -2.33. The van der Waals surface area contributed by atoms with Crippen molar-refractivity contribution in [2.75, 3.05) is 44.4 Å². The molecule has 2 aromatic carbocycles. The topological polar surface area (TPSA) is 83.1 Å². The highest BCUT2D eigenvalue weighted by atomic mass is 16.7. The second-order valence-corrected chi connectivity index (χ2v) is 8.57. The summed E-state index contributed by atoms with van der Waals surface area (Å²) in [5, 5.41) is 5.91. The van der Waals surface area contributed by atoms with Gasteiger partial charge in [0.1, 0.15) is 0 Å². The monoisotopic (exact) mass is 436 g/mol. The number of amides is 3. The summed E-state index contributed by atoms with van der Waals surface area (Å²) in [5.74, 6) is 1.65. The predicted octanol–water partition coefficient (Wildman–Crippen LogP) is 2.59. The number of benzene rings is 2. The Morgan fingerprint density at radius 1 is 1.09 bits per heavy atom. The smallest absolute Gasteiger partial charge is 0.321 e.